The summed E-state index contributed by atoms with van der Waals surface area (Å²) >= 11 is 0. The monoisotopic (exact) mass is 228 g/mol. The molecule has 0 saturated heterocycles. The van der Waals surface area contributed by atoms with Crippen LogP contribution in [0.3, 0.4) is 0 Å². The smallest absolute Gasteiger partial charge is 0.744 e. The minimum Gasteiger partial charge on any atom is -0.744 e. The largest absolute Gasteiger partial charge is 1.00 e. The molecule has 0 unspecified atom stereocenters. The fourth-order valence-electron chi connectivity index (χ4n) is 0.795. The molecular formula is C6H9N2NaO4S. The zero-order chi connectivity index (χ0) is 9.35. The van der Waals surface area contributed by atoms with Crippen LogP contribution in [0.1, 0.15) is 0 Å². The van der Waals surface area contributed by atoms with Crippen LogP contribution in [-0.2, 0) is 10.1 Å². The van der Waals surface area contributed by atoms with E-state index in [9.17, 15) is 13.0 Å². The van der Waals surface area contributed by atoms with E-state index in [4.69, 9.17) is 11.5 Å². The molecule has 14 heavy (non-hydrogen) atoms. The fraction of sp³-hybridized carbons (Fsp3) is 0. The van der Waals surface area contributed by atoms with E-state index in [1.807, 2.05) is 0 Å². The van der Waals surface area contributed by atoms with Gasteiger partial charge in [-0.3, -0.25) is 0 Å². The van der Waals surface area contributed by atoms with E-state index < -0.39 is 15.0 Å². The van der Waals surface area contributed by atoms with Crippen LogP contribution in [0, 0.1) is 0 Å². The molecule has 0 aromatic heterocycles. The third-order valence-corrected chi connectivity index (χ3v) is 2.21. The molecule has 0 fully saturated rings. The molecule has 0 bridgehead atoms. The quantitative estimate of drug-likeness (QED) is 0.286. The summed E-state index contributed by atoms with van der Waals surface area (Å²) in [6, 6.07) is 3.62. The maximum Gasteiger partial charge on any atom is 1.00 e. The molecule has 1 rings (SSSR count). The normalized spacial score (nSPS) is 9.79. The van der Waals surface area contributed by atoms with Crippen molar-refractivity contribution in [3.8, 4) is 0 Å². The number of nitrogens with two attached hydrogens (primary N) is 2. The van der Waals surface area contributed by atoms with Crippen molar-refractivity contribution in [2.75, 3.05) is 11.5 Å². The molecule has 0 atom stereocenters. The topological polar surface area (TPSA) is 141 Å². The van der Waals surface area contributed by atoms with Crippen LogP contribution in [0.25, 0.3) is 0 Å². The van der Waals surface area contributed by atoms with Crippen LogP contribution in [0.5, 0.6) is 0 Å². The molecule has 0 heterocycles. The molecule has 1 aromatic carbocycles. The molecule has 6 nitrogen and oxygen atoms in total. The van der Waals surface area contributed by atoms with Crippen molar-refractivity contribution < 1.29 is 48.0 Å². The zero-order valence-electron chi connectivity index (χ0n) is 7.52. The first-order valence-electron chi connectivity index (χ1n) is 3.02. The number of nitrogen functional groups attached to an aromatic ring is 2. The standard InChI is InChI=1S/C6H8N2O3S.Na.H2O/c7-4-1-2-6(5(8)3-4)12(9,10)11;;/h1-3H,7-8H2,(H,9,10,11);;1H2/q;+1;/p-1. The number of anilines is 2. The summed E-state index contributed by atoms with van der Waals surface area (Å²) in [5.41, 5.74) is 10.7. The minimum absolute atomic E-state index is 0. The van der Waals surface area contributed by atoms with E-state index in [2.05, 4.69) is 0 Å². The Balaban J connectivity index is 0. The van der Waals surface area contributed by atoms with Crippen molar-refractivity contribution >= 4 is 21.5 Å². The maximum absolute atomic E-state index is 10.5. The summed E-state index contributed by atoms with van der Waals surface area (Å²) < 4.78 is 31.5. The summed E-state index contributed by atoms with van der Waals surface area (Å²) in [6.45, 7) is 0. The zero-order valence-corrected chi connectivity index (χ0v) is 10.3. The van der Waals surface area contributed by atoms with Crippen LogP contribution in [0.4, 0.5) is 11.4 Å². The van der Waals surface area contributed by atoms with Crippen LogP contribution in [0.15, 0.2) is 23.1 Å². The van der Waals surface area contributed by atoms with Crippen molar-refractivity contribution in [2.24, 2.45) is 0 Å². The summed E-state index contributed by atoms with van der Waals surface area (Å²) in [5, 5.41) is 0. The first kappa shape index (κ1) is 16.1. The van der Waals surface area contributed by atoms with Gasteiger partial charge in [-0.25, -0.2) is 8.42 Å². The second-order valence-electron chi connectivity index (χ2n) is 2.25. The Labute approximate surface area is 104 Å². The molecule has 0 radical (unpaired) electrons. The molecule has 6 N–H and O–H groups in total. The van der Waals surface area contributed by atoms with Gasteiger partial charge in [-0.2, -0.15) is 0 Å². The van der Waals surface area contributed by atoms with E-state index in [1.54, 1.807) is 0 Å². The average molecular weight is 228 g/mol. The van der Waals surface area contributed by atoms with Crippen molar-refractivity contribution in [3.63, 3.8) is 0 Å². The van der Waals surface area contributed by atoms with Gasteiger partial charge in [0.05, 0.1) is 10.6 Å². The van der Waals surface area contributed by atoms with Crippen LogP contribution in [-0.4, -0.2) is 18.4 Å². The summed E-state index contributed by atoms with van der Waals surface area (Å²) in [7, 11) is -4.48. The van der Waals surface area contributed by atoms with Gasteiger partial charge in [0, 0.05) is 5.69 Å². The summed E-state index contributed by atoms with van der Waals surface area (Å²) in [4.78, 5) is -0.434. The van der Waals surface area contributed by atoms with E-state index >= 15 is 0 Å². The second-order valence-corrected chi connectivity index (χ2v) is 3.60. The van der Waals surface area contributed by atoms with Crippen LogP contribution >= 0.6 is 0 Å². The van der Waals surface area contributed by atoms with E-state index in [1.165, 1.54) is 12.1 Å². The first-order chi connectivity index (χ1) is 5.41. The first-order valence-corrected chi connectivity index (χ1v) is 4.43. The van der Waals surface area contributed by atoms with Crippen LogP contribution < -0.4 is 41.0 Å². The molecule has 0 spiro atoms. The van der Waals surface area contributed by atoms with E-state index in [-0.39, 0.29) is 40.7 Å². The molecule has 0 aliphatic heterocycles. The van der Waals surface area contributed by atoms with Gasteiger partial charge < -0.3 is 21.5 Å². The molecule has 0 amide bonds. The predicted molar refractivity (Wildman–Crippen MR) is 46.8 cm³/mol. The van der Waals surface area contributed by atoms with Gasteiger partial charge in [0.2, 0.25) is 0 Å². The number of hydrogen-bond acceptors (Lipinski definition) is 5. The third kappa shape index (κ3) is 3.82. The minimum atomic E-state index is -4.48. The van der Waals surface area contributed by atoms with Gasteiger partial charge in [-0.15, -0.1) is 0 Å². The summed E-state index contributed by atoms with van der Waals surface area (Å²) in [6.07, 6.45) is 0. The van der Waals surface area contributed by atoms with Crippen molar-refractivity contribution in [2.45, 2.75) is 4.90 Å². The Morgan fingerprint density at radius 1 is 1.21 bits per heavy atom. The summed E-state index contributed by atoms with van der Waals surface area (Å²) in [5.74, 6) is 0. The van der Waals surface area contributed by atoms with E-state index in [0.717, 1.165) is 6.07 Å². The number of hydrogen-bond donors (Lipinski definition) is 2. The number of rotatable bonds is 1. The van der Waals surface area contributed by atoms with Crippen molar-refractivity contribution in [1.82, 2.24) is 0 Å². The molecule has 8 heteroatoms. The van der Waals surface area contributed by atoms with Crippen molar-refractivity contribution in [3.05, 3.63) is 18.2 Å². The Hall–Kier alpha value is -0.310. The molecular weight excluding hydrogens is 219 g/mol. The van der Waals surface area contributed by atoms with Gasteiger partial charge >= 0.3 is 29.6 Å². The predicted octanol–water partition coefficient (Wildman–Crippen LogP) is -4.07. The van der Waals surface area contributed by atoms with Gasteiger partial charge in [0.15, 0.2) is 0 Å². The molecule has 1 aromatic rings. The van der Waals surface area contributed by atoms with Gasteiger partial charge in [0.25, 0.3) is 0 Å². The number of benzene rings is 1. The molecule has 0 aliphatic rings. The molecule has 0 saturated carbocycles. The van der Waals surface area contributed by atoms with E-state index in [0.29, 0.717) is 5.69 Å². The van der Waals surface area contributed by atoms with Crippen molar-refractivity contribution in [1.29, 1.82) is 0 Å². The Morgan fingerprint density at radius 3 is 2.07 bits per heavy atom. The SMILES string of the molecule is Nc1ccc(S(=O)(=O)[O-])c(N)c1.O.[Na+]. The Morgan fingerprint density at radius 2 is 1.71 bits per heavy atom. The molecule has 0 aliphatic carbocycles. The average Bonchev–Trinajstić information content (AvgIpc) is 1.83. The Kier molecular flexibility index (Phi) is 6.39. The van der Waals surface area contributed by atoms with Crippen LogP contribution in [0.2, 0.25) is 0 Å². The Bertz CT molecular complexity index is 406. The maximum atomic E-state index is 10.5. The van der Waals surface area contributed by atoms with Gasteiger partial charge in [0.1, 0.15) is 10.1 Å². The van der Waals surface area contributed by atoms with Gasteiger partial charge in [-0.05, 0) is 18.2 Å². The molecule has 74 valence electrons. The fourth-order valence-corrected chi connectivity index (χ4v) is 1.38. The second kappa shape index (κ2) is 5.54. The third-order valence-electron chi connectivity index (χ3n) is 1.30. The van der Waals surface area contributed by atoms with Gasteiger partial charge in [-0.1, -0.05) is 0 Å².